The molecule has 6 nitrogen and oxygen atoms in total. The average Bonchev–Trinajstić information content (AvgIpc) is 3.18. The highest BCUT2D eigenvalue weighted by Gasteiger charge is 2.16. The first kappa shape index (κ1) is 20.7. The zero-order valence-corrected chi connectivity index (χ0v) is 17.1. The summed E-state index contributed by atoms with van der Waals surface area (Å²) in [4.78, 5) is 25.4. The van der Waals surface area contributed by atoms with Crippen LogP contribution in [0.5, 0.6) is 11.5 Å². The number of halogens is 1. The summed E-state index contributed by atoms with van der Waals surface area (Å²) in [6.07, 6.45) is 0.620. The number of nitrogens with one attached hydrogen (secondary N) is 2. The van der Waals surface area contributed by atoms with Crippen molar-refractivity contribution in [2.75, 3.05) is 19.0 Å². The zero-order valence-electron chi connectivity index (χ0n) is 15.6. The molecular weight excluding hydrogens is 412 g/mol. The van der Waals surface area contributed by atoms with Gasteiger partial charge in [-0.25, -0.2) is 0 Å². The van der Waals surface area contributed by atoms with Gasteiger partial charge in [-0.2, -0.15) is 0 Å². The van der Waals surface area contributed by atoms with E-state index in [1.807, 2.05) is 24.3 Å². The molecular formula is C21H19ClN2O4S. The van der Waals surface area contributed by atoms with Gasteiger partial charge in [0.15, 0.2) is 0 Å². The molecule has 0 saturated heterocycles. The summed E-state index contributed by atoms with van der Waals surface area (Å²) >= 11 is 7.09. The number of ether oxygens (including phenoxy) is 1. The second-order valence-electron chi connectivity index (χ2n) is 6.10. The number of carbonyl (C=O) groups excluding carboxylic acids is 2. The lowest BCUT2D eigenvalue weighted by Crippen LogP contribution is -2.26. The predicted molar refractivity (Wildman–Crippen MR) is 114 cm³/mol. The molecule has 0 saturated carbocycles. The summed E-state index contributed by atoms with van der Waals surface area (Å²) in [5.41, 5.74) is 1.69. The topological polar surface area (TPSA) is 87.7 Å². The third-order valence-electron chi connectivity index (χ3n) is 4.20. The first-order chi connectivity index (χ1) is 14.0. The first-order valence-electron chi connectivity index (χ1n) is 8.77. The number of phenolic OH excluding ortho intramolecular Hbond substituents is 1. The van der Waals surface area contributed by atoms with Crippen molar-refractivity contribution >= 4 is 40.4 Å². The van der Waals surface area contributed by atoms with E-state index in [-0.39, 0.29) is 22.2 Å². The summed E-state index contributed by atoms with van der Waals surface area (Å²) in [6, 6.07) is 13.5. The van der Waals surface area contributed by atoms with Gasteiger partial charge in [0.25, 0.3) is 11.8 Å². The van der Waals surface area contributed by atoms with Gasteiger partial charge in [-0.3, -0.25) is 9.59 Å². The zero-order chi connectivity index (χ0) is 20.8. The lowest BCUT2D eigenvalue weighted by Gasteiger charge is -2.10. The van der Waals surface area contributed by atoms with Crippen molar-refractivity contribution in [2.24, 2.45) is 0 Å². The van der Waals surface area contributed by atoms with Crippen molar-refractivity contribution in [3.05, 3.63) is 74.9 Å². The number of hydrogen-bond donors (Lipinski definition) is 3. The molecule has 3 rings (SSSR count). The fourth-order valence-electron chi connectivity index (χ4n) is 2.73. The number of carbonyl (C=O) groups is 2. The molecule has 3 aromatic rings. The van der Waals surface area contributed by atoms with E-state index >= 15 is 0 Å². The molecule has 0 fully saturated rings. The van der Waals surface area contributed by atoms with Gasteiger partial charge in [0.2, 0.25) is 0 Å². The number of rotatable bonds is 7. The van der Waals surface area contributed by atoms with Crippen LogP contribution in [0, 0.1) is 0 Å². The highest BCUT2D eigenvalue weighted by Crippen LogP contribution is 2.26. The van der Waals surface area contributed by atoms with Crippen LogP contribution >= 0.6 is 22.9 Å². The highest BCUT2D eigenvalue weighted by molar-refractivity contribution is 7.12. The molecule has 0 radical (unpaired) electrons. The molecule has 3 N–H and O–H groups in total. The van der Waals surface area contributed by atoms with Crippen LogP contribution in [0.1, 0.15) is 25.6 Å². The summed E-state index contributed by atoms with van der Waals surface area (Å²) in [5, 5.41) is 16.9. The minimum atomic E-state index is -0.423. The maximum atomic E-state index is 12.6. The molecule has 0 spiro atoms. The number of benzene rings is 2. The van der Waals surface area contributed by atoms with E-state index in [0.717, 1.165) is 11.3 Å². The van der Waals surface area contributed by atoms with E-state index in [2.05, 4.69) is 10.6 Å². The molecule has 1 heterocycles. The molecule has 150 valence electrons. The summed E-state index contributed by atoms with van der Waals surface area (Å²) in [5.74, 6) is -0.0189. The van der Waals surface area contributed by atoms with E-state index in [4.69, 9.17) is 16.3 Å². The summed E-state index contributed by atoms with van der Waals surface area (Å²) in [6.45, 7) is 0.429. The number of para-hydroxylation sites is 1. The molecule has 0 aliphatic carbocycles. The highest BCUT2D eigenvalue weighted by atomic mass is 35.5. The maximum absolute atomic E-state index is 12.6. The Balaban J connectivity index is 1.62. The standard InChI is InChI=1S/C21H19ClN2O4S/c1-28-18-5-3-2-4-13(18)8-10-23-21(27)19-16(9-11-29-19)24-20(26)14-6-7-17(25)15(22)12-14/h2-7,9,11-12,25H,8,10H2,1H3,(H,23,27)(H,24,26). The molecule has 0 aliphatic rings. The molecule has 2 amide bonds. The Labute approximate surface area is 177 Å². The molecule has 29 heavy (non-hydrogen) atoms. The smallest absolute Gasteiger partial charge is 0.263 e. The fourth-order valence-corrected chi connectivity index (χ4v) is 3.67. The van der Waals surface area contributed by atoms with Crippen molar-refractivity contribution < 1.29 is 19.4 Å². The van der Waals surface area contributed by atoms with E-state index in [1.54, 1.807) is 18.6 Å². The van der Waals surface area contributed by atoms with Gasteiger partial charge < -0.3 is 20.5 Å². The maximum Gasteiger partial charge on any atom is 0.263 e. The van der Waals surface area contributed by atoms with Crippen LogP contribution < -0.4 is 15.4 Å². The fraction of sp³-hybridized carbons (Fsp3) is 0.143. The van der Waals surface area contributed by atoms with Crippen molar-refractivity contribution in [1.29, 1.82) is 0 Å². The minimum absolute atomic E-state index is 0.0808. The molecule has 0 bridgehead atoms. The average molecular weight is 431 g/mol. The van der Waals surface area contributed by atoms with Crippen LogP contribution in [-0.4, -0.2) is 30.6 Å². The van der Waals surface area contributed by atoms with E-state index < -0.39 is 5.91 Å². The van der Waals surface area contributed by atoms with Crippen LogP contribution in [0.2, 0.25) is 5.02 Å². The molecule has 2 aromatic carbocycles. The van der Waals surface area contributed by atoms with E-state index in [1.165, 1.54) is 29.5 Å². The monoisotopic (exact) mass is 430 g/mol. The van der Waals surface area contributed by atoms with Crippen LogP contribution in [-0.2, 0) is 6.42 Å². The SMILES string of the molecule is COc1ccccc1CCNC(=O)c1sccc1NC(=O)c1ccc(O)c(Cl)c1. The lowest BCUT2D eigenvalue weighted by atomic mass is 10.1. The van der Waals surface area contributed by atoms with Gasteiger partial charge in [-0.15, -0.1) is 11.3 Å². The lowest BCUT2D eigenvalue weighted by molar-refractivity contribution is 0.0959. The molecule has 0 aliphatic heterocycles. The van der Waals surface area contributed by atoms with Crippen LogP contribution in [0.4, 0.5) is 5.69 Å². The van der Waals surface area contributed by atoms with Crippen LogP contribution in [0.3, 0.4) is 0 Å². The van der Waals surface area contributed by atoms with Crippen molar-refractivity contribution in [1.82, 2.24) is 5.32 Å². The van der Waals surface area contributed by atoms with Crippen molar-refractivity contribution in [3.63, 3.8) is 0 Å². The first-order valence-corrected chi connectivity index (χ1v) is 10.0. The van der Waals surface area contributed by atoms with E-state index in [9.17, 15) is 14.7 Å². The number of methoxy groups -OCH3 is 1. The predicted octanol–water partition coefficient (Wildman–Crippen LogP) is 4.34. The summed E-state index contributed by atoms with van der Waals surface area (Å²) < 4.78 is 5.31. The van der Waals surface area contributed by atoms with Gasteiger partial charge in [0.1, 0.15) is 16.4 Å². The Morgan fingerprint density at radius 2 is 1.93 bits per heavy atom. The number of aromatic hydroxyl groups is 1. The second kappa shape index (κ2) is 9.45. The number of phenols is 1. The second-order valence-corrected chi connectivity index (χ2v) is 7.42. The summed E-state index contributed by atoms with van der Waals surface area (Å²) in [7, 11) is 1.61. The van der Waals surface area contributed by atoms with Gasteiger partial charge in [0.05, 0.1) is 17.8 Å². The van der Waals surface area contributed by atoms with Gasteiger partial charge in [-0.1, -0.05) is 29.8 Å². The molecule has 0 atom stereocenters. The Kier molecular flexibility index (Phi) is 6.74. The number of amides is 2. The molecule has 0 unspecified atom stereocenters. The van der Waals surface area contributed by atoms with Gasteiger partial charge in [-0.05, 0) is 47.7 Å². The number of thiophene rings is 1. The third kappa shape index (κ3) is 5.07. The van der Waals surface area contributed by atoms with Gasteiger partial charge >= 0.3 is 0 Å². The normalized spacial score (nSPS) is 10.4. The number of hydrogen-bond acceptors (Lipinski definition) is 5. The Morgan fingerprint density at radius 1 is 1.14 bits per heavy atom. The Bertz CT molecular complexity index is 1040. The quantitative estimate of drug-likeness (QED) is 0.520. The van der Waals surface area contributed by atoms with Crippen LogP contribution in [0.25, 0.3) is 0 Å². The Hall–Kier alpha value is -3.03. The van der Waals surface area contributed by atoms with Crippen molar-refractivity contribution in [2.45, 2.75) is 6.42 Å². The largest absolute Gasteiger partial charge is 0.506 e. The Morgan fingerprint density at radius 3 is 2.69 bits per heavy atom. The minimum Gasteiger partial charge on any atom is -0.506 e. The van der Waals surface area contributed by atoms with Crippen molar-refractivity contribution in [3.8, 4) is 11.5 Å². The number of anilines is 1. The molecule has 8 heteroatoms. The van der Waals surface area contributed by atoms with Gasteiger partial charge in [0, 0.05) is 12.1 Å². The van der Waals surface area contributed by atoms with E-state index in [0.29, 0.717) is 23.5 Å². The molecule has 1 aromatic heterocycles. The third-order valence-corrected chi connectivity index (χ3v) is 5.42. The van der Waals surface area contributed by atoms with Crippen LogP contribution in [0.15, 0.2) is 53.9 Å².